The molecule has 0 N–H and O–H groups in total. The van der Waals surface area contributed by atoms with Crippen LogP contribution in [-0.2, 0) is 33.3 Å². The molecule has 0 saturated heterocycles. The molecule has 0 unspecified atom stereocenters. The second-order valence-electron chi connectivity index (χ2n) is 3.18. The summed E-state index contributed by atoms with van der Waals surface area (Å²) in [5.41, 5.74) is 0. The van der Waals surface area contributed by atoms with Crippen molar-refractivity contribution in [1.29, 1.82) is 0 Å². The second kappa shape index (κ2) is 9.06. The van der Waals surface area contributed by atoms with E-state index in [4.69, 9.17) is 11.2 Å². The molecule has 0 aromatic heterocycles. The van der Waals surface area contributed by atoms with Crippen molar-refractivity contribution in [3.05, 3.63) is 12.7 Å². The molecule has 0 spiro atoms. The summed E-state index contributed by atoms with van der Waals surface area (Å²) in [6.45, 7) is 2.49. The van der Waals surface area contributed by atoms with E-state index in [0.29, 0.717) is 0 Å². The van der Waals surface area contributed by atoms with E-state index in [9.17, 15) is 16.8 Å². The Bertz CT molecular complexity index is 498. The van der Waals surface area contributed by atoms with Crippen LogP contribution in [-0.4, -0.2) is 54.8 Å². The zero-order chi connectivity index (χ0) is 14.8. The molecule has 0 amide bonds. The lowest BCUT2D eigenvalue weighted by Crippen LogP contribution is -2.19. The fourth-order valence-corrected chi connectivity index (χ4v) is 2.25. The first-order chi connectivity index (χ1) is 8.83. The van der Waals surface area contributed by atoms with Crippen LogP contribution >= 0.6 is 0 Å². The van der Waals surface area contributed by atoms with Crippen LogP contribution in [0.5, 0.6) is 0 Å². The highest BCUT2D eigenvalue weighted by atomic mass is 32.2. The number of hydrogen-bond donors (Lipinski definition) is 0. The predicted molar refractivity (Wildman–Crippen MR) is 69.3 cm³/mol. The topological polar surface area (TPSA) is 96.0 Å². The first-order valence-electron chi connectivity index (χ1n) is 5.19. The van der Waals surface area contributed by atoms with Gasteiger partial charge in [-0.1, -0.05) is 12.0 Å². The number of hydrogen-bond acceptors (Lipinski definition) is 7. The standard InChI is InChI=1S/C10H16O7S2/c1-3-5-16-18(11,12)9-7-15-8-10-19(13,14)17-6-4-2/h1,4H,2,5-10H2. The highest BCUT2D eigenvalue weighted by Gasteiger charge is 2.12. The molecule has 7 nitrogen and oxygen atoms in total. The molecule has 0 bridgehead atoms. The summed E-state index contributed by atoms with van der Waals surface area (Å²) in [7, 11) is -7.41. The van der Waals surface area contributed by atoms with Crippen LogP contribution in [0.1, 0.15) is 0 Å². The normalized spacial score (nSPS) is 11.9. The van der Waals surface area contributed by atoms with Gasteiger partial charge in [0.05, 0.1) is 31.3 Å². The molecule has 0 heterocycles. The maximum Gasteiger partial charge on any atom is 0.270 e. The van der Waals surface area contributed by atoms with Crippen molar-refractivity contribution in [2.75, 3.05) is 37.9 Å². The van der Waals surface area contributed by atoms with E-state index in [1.54, 1.807) is 0 Å². The average Bonchev–Trinajstić information content (AvgIpc) is 2.33. The lowest BCUT2D eigenvalue weighted by atomic mass is 10.7. The Hall–Kier alpha value is -0.920. The van der Waals surface area contributed by atoms with E-state index < -0.39 is 26.0 Å². The van der Waals surface area contributed by atoms with Crippen LogP contribution in [0.25, 0.3) is 0 Å². The van der Waals surface area contributed by atoms with E-state index >= 15 is 0 Å². The summed E-state index contributed by atoms with van der Waals surface area (Å²) in [4.78, 5) is 0. The maximum atomic E-state index is 11.2. The molecule has 0 radical (unpaired) electrons. The molecular formula is C10H16O7S2. The highest BCUT2D eigenvalue weighted by molar-refractivity contribution is 7.87. The largest absolute Gasteiger partial charge is 0.379 e. The smallest absolute Gasteiger partial charge is 0.270 e. The molecule has 110 valence electrons. The summed E-state index contributed by atoms with van der Waals surface area (Å²) in [5, 5.41) is 0. The molecule has 0 aliphatic carbocycles. The molecule has 0 rings (SSSR count). The molecule has 0 saturated carbocycles. The van der Waals surface area contributed by atoms with Crippen LogP contribution in [0.4, 0.5) is 0 Å². The number of ether oxygens (including phenoxy) is 1. The van der Waals surface area contributed by atoms with Crippen molar-refractivity contribution in [3.8, 4) is 12.3 Å². The minimum Gasteiger partial charge on any atom is -0.379 e. The molecular weight excluding hydrogens is 296 g/mol. The molecule has 9 heteroatoms. The lowest BCUT2D eigenvalue weighted by molar-refractivity contribution is 0.160. The minimum absolute atomic E-state index is 0.114. The molecule has 0 aromatic carbocycles. The van der Waals surface area contributed by atoms with E-state index in [0.717, 1.165) is 0 Å². The third-order valence-corrected chi connectivity index (χ3v) is 3.95. The van der Waals surface area contributed by atoms with Gasteiger partial charge in [0.1, 0.15) is 6.61 Å². The van der Waals surface area contributed by atoms with Crippen molar-refractivity contribution in [1.82, 2.24) is 0 Å². The molecule has 0 aliphatic rings. The molecule has 0 fully saturated rings. The van der Waals surface area contributed by atoms with Gasteiger partial charge in [0.2, 0.25) is 0 Å². The van der Waals surface area contributed by atoms with Gasteiger partial charge in [-0.05, 0) is 0 Å². The zero-order valence-electron chi connectivity index (χ0n) is 10.3. The average molecular weight is 312 g/mol. The molecule has 0 aromatic rings. The van der Waals surface area contributed by atoms with E-state index in [1.807, 2.05) is 5.92 Å². The summed E-state index contributed by atoms with van der Waals surface area (Å²) in [6.07, 6.45) is 6.14. The molecule has 0 aliphatic heterocycles. The van der Waals surface area contributed by atoms with Crippen LogP contribution in [0.15, 0.2) is 12.7 Å². The quantitative estimate of drug-likeness (QED) is 0.220. The van der Waals surface area contributed by atoms with Crippen LogP contribution in [0.3, 0.4) is 0 Å². The van der Waals surface area contributed by atoms with Gasteiger partial charge in [0.15, 0.2) is 0 Å². The van der Waals surface area contributed by atoms with Crippen LogP contribution in [0, 0.1) is 12.3 Å². The summed E-state index contributed by atoms with van der Waals surface area (Å²) < 4.78 is 58.4. The first-order valence-corrected chi connectivity index (χ1v) is 8.35. The van der Waals surface area contributed by atoms with Crippen LogP contribution in [0.2, 0.25) is 0 Å². The number of terminal acetylenes is 1. The van der Waals surface area contributed by atoms with Gasteiger partial charge >= 0.3 is 0 Å². The Balaban J connectivity index is 3.82. The number of rotatable bonds is 11. The van der Waals surface area contributed by atoms with Crippen molar-refractivity contribution >= 4 is 20.2 Å². The fraction of sp³-hybridized carbons (Fsp3) is 0.600. The monoisotopic (exact) mass is 312 g/mol. The van der Waals surface area contributed by atoms with E-state index in [2.05, 4.69) is 14.9 Å². The Morgan fingerprint density at radius 2 is 1.58 bits per heavy atom. The minimum atomic E-state index is -3.74. The first kappa shape index (κ1) is 18.1. The summed E-state index contributed by atoms with van der Waals surface area (Å²) in [6, 6.07) is 0. The maximum absolute atomic E-state index is 11.2. The van der Waals surface area contributed by atoms with Crippen molar-refractivity contribution in [2.45, 2.75) is 0 Å². The Morgan fingerprint density at radius 1 is 1.05 bits per heavy atom. The van der Waals surface area contributed by atoms with Gasteiger partial charge in [-0.25, -0.2) is 0 Å². The summed E-state index contributed by atoms with van der Waals surface area (Å²) >= 11 is 0. The Morgan fingerprint density at radius 3 is 2.05 bits per heavy atom. The van der Waals surface area contributed by atoms with Crippen molar-refractivity contribution in [2.24, 2.45) is 0 Å². The fourth-order valence-electron chi connectivity index (χ4n) is 0.817. The summed E-state index contributed by atoms with van der Waals surface area (Å²) in [5.74, 6) is 1.25. The van der Waals surface area contributed by atoms with E-state index in [-0.39, 0.29) is 32.2 Å². The molecule has 0 atom stereocenters. The van der Waals surface area contributed by atoms with Gasteiger partial charge in [-0.3, -0.25) is 8.37 Å². The van der Waals surface area contributed by atoms with Gasteiger partial charge < -0.3 is 4.74 Å². The van der Waals surface area contributed by atoms with Gasteiger partial charge in [-0.2, -0.15) is 16.8 Å². The predicted octanol–water partition coefficient (Wildman–Crippen LogP) is -0.485. The van der Waals surface area contributed by atoms with Crippen molar-refractivity contribution in [3.63, 3.8) is 0 Å². The Labute approximate surface area is 113 Å². The Kier molecular flexibility index (Phi) is 8.62. The third kappa shape index (κ3) is 10.7. The SMILES string of the molecule is C#CCOS(=O)(=O)CCOCCS(=O)(=O)OCC=C. The zero-order valence-corrected chi connectivity index (χ0v) is 11.9. The van der Waals surface area contributed by atoms with Gasteiger partial charge in [-0.15, -0.1) is 13.0 Å². The molecule has 19 heavy (non-hydrogen) atoms. The van der Waals surface area contributed by atoms with Crippen molar-refractivity contribution < 1.29 is 29.9 Å². The van der Waals surface area contributed by atoms with E-state index in [1.165, 1.54) is 6.08 Å². The second-order valence-corrected chi connectivity index (χ2v) is 6.69. The third-order valence-electron chi connectivity index (χ3n) is 1.64. The highest BCUT2D eigenvalue weighted by Crippen LogP contribution is 1.96. The van der Waals surface area contributed by atoms with Crippen LogP contribution < -0.4 is 0 Å². The van der Waals surface area contributed by atoms with Gasteiger partial charge in [0, 0.05) is 0 Å². The van der Waals surface area contributed by atoms with Gasteiger partial charge in [0.25, 0.3) is 20.2 Å². The lowest BCUT2D eigenvalue weighted by Gasteiger charge is -2.05.